The summed E-state index contributed by atoms with van der Waals surface area (Å²) in [4.78, 5) is 11.0. The Morgan fingerprint density at radius 3 is 2.60 bits per heavy atom. The van der Waals surface area contributed by atoms with Crippen molar-refractivity contribution in [3.05, 3.63) is 177 Å². The van der Waals surface area contributed by atoms with Crippen molar-refractivity contribution in [1.82, 2.24) is 5.32 Å². The quantitative estimate of drug-likeness (QED) is 0.116. The summed E-state index contributed by atoms with van der Waals surface area (Å²) in [7, 11) is 0. The lowest BCUT2D eigenvalue weighted by Crippen LogP contribution is -2.36. The van der Waals surface area contributed by atoms with Crippen LogP contribution in [0.3, 0.4) is 0 Å². The molecule has 1 N–H and O–H groups in total. The van der Waals surface area contributed by atoms with Gasteiger partial charge in [0.1, 0.15) is 5.84 Å². The molecule has 0 saturated heterocycles. The fraction of sp³-hybridized carbons (Fsp3) is 0.321. The van der Waals surface area contributed by atoms with Gasteiger partial charge >= 0.3 is 0 Å². The number of aliphatic imine (C=N–C) groups is 2. The van der Waals surface area contributed by atoms with Crippen molar-refractivity contribution in [2.24, 2.45) is 27.7 Å². The molecule has 0 fully saturated rings. The lowest BCUT2D eigenvalue weighted by atomic mass is 9.64. The number of nitrogens with one attached hydrogen (secondary N) is 1. The van der Waals surface area contributed by atoms with Gasteiger partial charge in [-0.05, 0) is 120 Å². The van der Waals surface area contributed by atoms with Gasteiger partial charge in [0.15, 0.2) is 0 Å². The third-order valence-electron chi connectivity index (χ3n) is 13.1. The molecule has 2 aromatic rings. The van der Waals surface area contributed by atoms with Crippen molar-refractivity contribution in [2.45, 2.75) is 88.1 Å². The fourth-order valence-corrected chi connectivity index (χ4v) is 10.7. The summed E-state index contributed by atoms with van der Waals surface area (Å²) < 4.78 is 0.0299. The Labute approximate surface area is 353 Å². The molecule has 6 atom stereocenters. The molecule has 9 rings (SSSR count). The molecule has 0 radical (unpaired) electrons. The van der Waals surface area contributed by atoms with Gasteiger partial charge in [0.2, 0.25) is 0 Å². The van der Waals surface area contributed by atoms with E-state index in [0.29, 0.717) is 17.8 Å². The summed E-state index contributed by atoms with van der Waals surface area (Å²) in [6, 6.07) is 12.2. The number of halogens is 1. The Balaban J connectivity index is 1.05. The molecule has 7 aliphatic rings. The number of allylic oxidation sites excluding steroid dienone is 15. The van der Waals surface area contributed by atoms with Crippen LogP contribution in [0.15, 0.2) is 159 Å². The highest BCUT2D eigenvalue weighted by Gasteiger charge is 2.39. The number of rotatable bonds is 9. The Morgan fingerprint density at radius 2 is 1.75 bits per heavy atom. The summed E-state index contributed by atoms with van der Waals surface area (Å²) in [5, 5.41) is 3.57. The van der Waals surface area contributed by atoms with Crippen molar-refractivity contribution in [3.63, 3.8) is 0 Å². The molecule has 0 spiro atoms. The number of benzene rings is 2. The minimum absolute atomic E-state index is 0.0277. The SMILES string of the molecule is C/C=C(\C=C/C(I)C1=NC(c2ccc(-c3cc4c(c5c3CCC=C5)C=CCC4)cc2)CC(C2CC(C)=C(CCC)C3C=CC=CC32)=N1)C1=CNC2C=CC=CC2=C1. The molecule has 6 unspecified atom stereocenters. The molecule has 4 heteroatoms. The van der Waals surface area contributed by atoms with Crippen molar-refractivity contribution >= 4 is 46.3 Å². The molecule has 5 aliphatic carbocycles. The Kier molecular flexibility index (Phi) is 11.2. The van der Waals surface area contributed by atoms with Crippen LogP contribution in [0.1, 0.15) is 93.2 Å². The number of aryl methyl sites for hydroxylation is 1. The Morgan fingerprint density at radius 1 is 0.947 bits per heavy atom. The van der Waals surface area contributed by atoms with Gasteiger partial charge in [-0.25, -0.2) is 4.99 Å². The van der Waals surface area contributed by atoms with Gasteiger partial charge in [-0.15, -0.1) is 0 Å². The number of hydrogen-bond donors (Lipinski definition) is 1. The zero-order chi connectivity index (χ0) is 38.9. The minimum Gasteiger partial charge on any atom is -0.380 e. The molecule has 0 saturated carbocycles. The molecular weight excluding hydrogens is 806 g/mol. The van der Waals surface area contributed by atoms with Gasteiger partial charge < -0.3 is 5.32 Å². The fourth-order valence-electron chi connectivity index (χ4n) is 10.2. The summed E-state index contributed by atoms with van der Waals surface area (Å²) >= 11 is 2.56. The molecule has 2 aliphatic heterocycles. The first-order valence-corrected chi connectivity index (χ1v) is 22.6. The monoisotopic (exact) mass is 859 g/mol. The van der Waals surface area contributed by atoms with Crippen molar-refractivity contribution in [1.29, 1.82) is 0 Å². The summed E-state index contributed by atoms with van der Waals surface area (Å²) in [5.74, 6) is 2.19. The van der Waals surface area contributed by atoms with Gasteiger partial charge in [-0.2, -0.15) is 0 Å². The van der Waals surface area contributed by atoms with Crippen LogP contribution < -0.4 is 5.32 Å². The average Bonchev–Trinajstić information content (AvgIpc) is 3.27. The lowest BCUT2D eigenvalue weighted by molar-refractivity contribution is 0.376. The average molecular weight is 860 g/mol. The van der Waals surface area contributed by atoms with Gasteiger partial charge in [-0.3, -0.25) is 4.99 Å². The van der Waals surface area contributed by atoms with E-state index < -0.39 is 0 Å². The van der Waals surface area contributed by atoms with E-state index in [1.165, 1.54) is 74.2 Å². The minimum atomic E-state index is 0.0277. The number of fused-ring (bicyclic) bond motifs is 5. The summed E-state index contributed by atoms with van der Waals surface area (Å²) in [5.41, 5.74) is 18.0. The second-order valence-corrected chi connectivity index (χ2v) is 17.9. The van der Waals surface area contributed by atoms with Gasteiger partial charge in [0.05, 0.1) is 16.0 Å². The topological polar surface area (TPSA) is 36.8 Å². The summed E-state index contributed by atoms with van der Waals surface area (Å²) in [6.45, 7) is 6.82. The highest BCUT2D eigenvalue weighted by molar-refractivity contribution is 14.1. The molecule has 57 heavy (non-hydrogen) atoms. The zero-order valence-electron chi connectivity index (χ0n) is 33.6. The molecule has 0 amide bonds. The highest BCUT2D eigenvalue weighted by atomic mass is 127. The lowest BCUT2D eigenvalue weighted by Gasteiger charge is -2.41. The molecule has 0 bridgehead atoms. The Hall–Kier alpha value is -4.55. The van der Waals surface area contributed by atoms with Crippen LogP contribution in [0, 0.1) is 17.8 Å². The van der Waals surface area contributed by atoms with Crippen molar-refractivity contribution < 1.29 is 0 Å². The Bertz CT molecular complexity index is 2340. The number of nitrogens with zero attached hydrogens (tertiary/aromatic N) is 2. The van der Waals surface area contributed by atoms with E-state index in [-0.39, 0.29) is 16.0 Å². The first kappa shape index (κ1) is 38.0. The van der Waals surface area contributed by atoms with E-state index in [9.17, 15) is 0 Å². The first-order valence-electron chi connectivity index (χ1n) is 21.3. The van der Waals surface area contributed by atoms with Crippen LogP contribution >= 0.6 is 22.6 Å². The van der Waals surface area contributed by atoms with E-state index in [0.717, 1.165) is 44.4 Å². The standard InChI is InChI=1S/C53H54IN3/c1-4-14-41-34(3)29-48(46-21-12-9-18-43(41)46)52-32-51(56-53(57-52)49(54)28-27-35(5-2)40-30-39-16-7-13-22-50(39)55-33-40)37-25-23-36(24-26-37)47-31-38-15-6-8-17-42(38)44-19-10-11-20-45(44)47/h5,7-10,12-13,16-19,21-28,30-31,33,43,46,48-51,55H,4,6,11,14-15,20,29,32H2,1-3H3/b28-27-,35-5+. The van der Waals surface area contributed by atoms with E-state index in [1.807, 2.05) is 0 Å². The molecule has 0 aromatic heterocycles. The maximum Gasteiger partial charge on any atom is 0.140 e. The maximum atomic E-state index is 5.54. The highest BCUT2D eigenvalue weighted by Crippen LogP contribution is 2.46. The number of amidine groups is 1. The van der Waals surface area contributed by atoms with E-state index in [2.05, 4.69) is 182 Å². The number of dihydropyridines is 1. The van der Waals surface area contributed by atoms with Crippen LogP contribution in [-0.4, -0.2) is 21.5 Å². The van der Waals surface area contributed by atoms with E-state index in [4.69, 9.17) is 9.98 Å². The first-order chi connectivity index (χ1) is 28.0. The zero-order valence-corrected chi connectivity index (χ0v) is 35.8. The molecule has 2 aromatic carbocycles. The molecule has 2 heterocycles. The normalized spacial score (nSPS) is 26.5. The van der Waals surface area contributed by atoms with Crippen LogP contribution in [0.4, 0.5) is 0 Å². The van der Waals surface area contributed by atoms with Gasteiger partial charge in [-0.1, -0.05) is 169 Å². The third kappa shape index (κ3) is 7.63. The number of alkyl halides is 1. The molecule has 3 nitrogen and oxygen atoms in total. The second-order valence-electron chi connectivity index (χ2n) is 16.6. The van der Waals surface area contributed by atoms with Crippen LogP contribution in [0.5, 0.6) is 0 Å². The van der Waals surface area contributed by atoms with E-state index >= 15 is 0 Å². The smallest absolute Gasteiger partial charge is 0.140 e. The van der Waals surface area contributed by atoms with Crippen LogP contribution in [0.2, 0.25) is 0 Å². The van der Waals surface area contributed by atoms with Crippen molar-refractivity contribution in [3.8, 4) is 11.1 Å². The summed E-state index contributed by atoms with van der Waals surface area (Å²) in [6.07, 6.45) is 47.5. The second kappa shape index (κ2) is 16.7. The predicted molar refractivity (Wildman–Crippen MR) is 252 cm³/mol. The van der Waals surface area contributed by atoms with Crippen LogP contribution in [0.25, 0.3) is 23.3 Å². The van der Waals surface area contributed by atoms with Crippen LogP contribution in [-0.2, 0) is 12.8 Å². The predicted octanol–water partition coefficient (Wildman–Crippen LogP) is 13.3. The van der Waals surface area contributed by atoms with Gasteiger partial charge in [0.25, 0.3) is 0 Å². The van der Waals surface area contributed by atoms with Crippen molar-refractivity contribution in [2.75, 3.05) is 0 Å². The van der Waals surface area contributed by atoms with E-state index in [1.54, 1.807) is 11.1 Å². The third-order valence-corrected chi connectivity index (χ3v) is 14.0. The molecule has 288 valence electrons. The number of hydrogen-bond acceptors (Lipinski definition) is 3. The molecular formula is C53H54IN3. The van der Waals surface area contributed by atoms with Gasteiger partial charge in [0, 0.05) is 30.2 Å². The largest absolute Gasteiger partial charge is 0.380 e. The maximum absolute atomic E-state index is 5.54.